The van der Waals surface area contributed by atoms with E-state index < -0.39 is 0 Å². The van der Waals surface area contributed by atoms with Crippen molar-refractivity contribution >= 4 is 17.4 Å². The second-order valence-electron chi connectivity index (χ2n) is 5.40. The van der Waals surface area contributed by atoms with E-state index in [2.05, 4.69) is 15.2 Å². The number of carbonyl (C=O) groups excluding carboxylic acids is 1. The third-order valence-electron chi connectivity index (χ3n) is 4.04. The van der Waals surface area contributed by atoms with Crippen LogP contribution in [0.3, 0.4) is 0 Å². The molecule has 0 atom stereocenters. The third kappa shape index (κ3) is 3.16. The van der Waals surface area contributed by atoms with Crippen LogP contribution in [-0.4, -0.2) is 43.0 Å². The van der Waals surface area contributed by atoms with Gasteiger partial charge in [-0.25, -0.2) is 4.98 Å². The molecule has 21 heavy (non-hydrogen) atoms. The molecule has 1 amide bonds. The van der Waals surface area contributed by atoms with E-state index in [1.54, 1.807) is 6.20 Å². The summed E-state index contributed by atoms with van der Waals surface area (Å²) in [4.78, 5) is 17.9. The summed E-state index contributed by atoms with van der Waals surface area (Å²) in [6.07, 6.45) is 4.01. The van der Waals surface area contributed by atoms with E-state index in [-0.39, 0.29) is 11.7 Å². The number of hydrogen-bond acceptors (Lipinski definition) is 5. The van der Waals surface area contributed by atoms with Crippen molar-refractivity contribution in [2.24, 2.45) is 0 Å². The monoisotopic (exact) mass is 291 g/mol. The van der Waals surface area contributed by atoms with Crippen molar-refractivity contribution in [3.05, 3.63) is 18.3 Å². The van der Waals surface area contributed by atoms with Crippen LogP contribution in [0.25, 0.3) is 0 Å². The minimum atomic E-state index is -0.348. The first-order chi connectivity index (χ1) is 10.2. The van der Waals surface area contributed by atoms with Crippen LogP contribution in [0.2, 0.25) is 0 Å². The second-order valence-corrected chi connectivity index (χ2v) is 5.40. The molecule has 2 aliphatic heterocycles. The Morgan fingerprint density at radius 3 is 2.62 bits per heavy atom. The Labute approximate surface area is 124 Å². The summed E-state index contributed by atoms with van der Waals surface area (Å²) in [6.45, 7) is 5.01. The van der Waals surface area contributed by atoms with Crippen LogP contribution in [-0.2, 0) is 14.3 Å². The Morgan fingerprint density at radius 2 is 2.05 bits per heavy atom. The van der Waals surface area contributed by atoms with Gasteiger partial charge in [-0.05, 0) is 12.1 Å². The minimum Gasteiger partial charge on any atom is -0.370 e. The normalized spacial score (nSPS) is 20.7. The van der Waals surface area contributed by atoms with Gasteiger partial charge < -0.3 is 19.7 Å². The lowest BCUT2D eigenvalue weighted by Gasteiger charge is -2.38. The van der Waals surface area contributed by atoms with Crippen molar-refractivity contribution in [2.45, 2.75) is 32.0 Å². The van der Waals surface area contributed by atoms with Crippen molar-refractivity contribution in [3.63, 3.8) is 0 Å². The Kier molecular flexibility index (Phi) is 4.07. The van der Waals surface area contributed by atoms with E-state index in [0.29, 0.717) is 25.5 Å². The molecule has 1 aromatic rings. The van der Waals surface area contributed by atoms with Crippen LogP contribution in [0.1, 0.15) is 26.2 Å². The second kappa shape index (κ2) is 5.99. The fourth-order valence-corrected chi connectivity index (χ4v) is 2.77. The summed E-state index contributed by atoms with van der Waals surface area (Å²) in [7, 11) is 0. The van der Waals surface area contributed by atoms with Crippen molar-refractivity contribution in [3.8, 4) is 0 Å². The van der Waals surface area contributed by atoms with Gasteiger partial charge in [0.15, 0.2) is 5.79 Å². The summed E-state index contributed by atoms with van der Waals surface area (Å²) < 4.78 is 11.5. The summed E-state index contributed by atoms with van der Waals surface area (Å²) in [5.41, 5.74) is 1.07. The minimum absolute atomic E-state index is 0.0225. The van der Waals surface area contributed by atoms with Gasteiger partial charge in [-0.2, -0.15) is 0 Å². The number of ether oxygens (including phenoxy) is 2. The van der Waals surface area contributed by atoms with Gasteiger partial charge in [0.25, 0.3) is 0 Å². The van der Waals surface area contributed by atoms with Crippen LogP contribution in [0, 0.1) is 0 Å². The maximum absolute atomic E-state index is 11.3. The molecule has 6 heteroatoms. The quantitative estimate of drug-likeness (QED) is 0.919. The average molecular weight is 291 g/mol. The number of hydrogen-bond donors (Lipinski definition) is 1. The number of piperidine rings is 1. The fraction of sp³-hybridized carbons (Fsp3) is 0.600. The van der Waals surface area contributed by atoms with E-state index in [0.717, 1.165) is 31.6 Å². The molecular formula is C15H21N3O3. The first kappa shape index (κ1) is 14.3. The zero-order chi connectivity index (χ0) is 14.7. The van der Waals surface area contributed by atoms with Crippen LogP contribution >= 0.6 is 0 Å². The average Bonchev–Trinajstić information content (AvgIpc) is 2.97. The number of aromatic nitrogens is 1. The molecule has 0 radical (unpaired) electrons. The number of carbonyl (C=O) groups is 1. The van der Waals surface area contributed by atoms with E-state index in [4.69, 9.17) is 9.47 Å². The van der Waals surface area contributed by atoms with Gasteiger partial charge in [-0.3, -0.25) is 4.79 Å². The molecule has 2 fully saturated rings. The molecule has 1 spiro atoms. The van der Waals surface area contributed by atoms with E-state index in [9.17, 15) is 4.79 Å². The van der Waals surface area contributed by atoms with Crippen molar-refractivity contribution in [1.82, 2.24) is 4.98 Å². The molecule has 3 heterocycles. The maximum Gasteiger partial charge on any atom is 0.225 e. The fourth-order valence-electron chi connectivity index (χ4n) is 2.77. The third-order valence-corrected chi connectivity index (χ3v) is 4.04. The van der Waals surface area contributed by atoms with Gasteiger partial charge in [0.05, 0.1) is 25.1 Å². The van der Waals surface area contributed by atoms with Gasteiger partial charge >= 0.3 is 0 Å². The molecule has 0 unspecified atom stereocenters. The Morgan fingerprint density at radius 1 is 1.33 bits per heavy atom. The van der Waals surface area contributed by atoms with Crippen molar-refractivity contribution in [1.29, 1.82) is 0 Å². The van der Waals surface area contributed by atoms with E-state index in [1.807, 2.05) is 19.1 Å². The molecule has 0 saturated carbocycles. The molecule has 2 saturated heterocycles. The lowest BCUT2D eigenvalue weighted by Crippen LogP contribution is -2.45. The standard InChI is InChI=1S/C15H21N3O3/c1-2-14(19)17-13-4-3-12(11-16-13)18-7-5-15(6-8-18)20-9-10-21-15/h3-4,11H,2,5-10H2,1H3,(H,16,17,19). The number of nitrogens with one attached hydrogen (secondary N) is 1. The predicted molar refractivity (Wildman–Crippen MR) is 79.2 cm³/mol. The van der Waals surface area contributed by atoms with Gasteiger partial charge in [0.2, 0.25) is 5.91 Å². The molecule has 1 N–H and O–H groups in total. The van der Waals surface area contributed by atoms with Gasteiger partial charge in [0.1, 0.15) is 5.82 Å². The van der Waals surface area contributed by atoms with E-state index in [1.165, 1.54) is 0 Å². The summed E-state index contributed by atoms with van der Waals surface area (Å²) >= 11 is 0. The maximum atomic E-state index is 11.3. The molecule has 6 nitrogen and oxygen atoms in total. The highest BCUT2D eigenvalue weighted by Crippen LogP contribution is 2.33. The Balaban J connectivity index is 1.59. The van der Waals surface area contributed by atoms with Gasteiger partial charge in [-0.1, -0.05) is 6.92 Å². The SMILES string of the molecule is CCC(=O)Nc1ccc(N2CCC3(CC2)OCCO3)cn1. The molecule has 0 aromatic carbocycles. The molecule has 114 valence electrons. The Hall–Kier alpha value is -1.66. The van der Waals surface area contributed by atoms with Gasteiger partial charge in [0, 0.05) is 32.4 Å². The molecule has 1 aromatic heterocycles. The van der Waals surface area contributed by atoms with Gasteiger partial charge in [-0.15, -0.1) is 0 Å². The zero-order valence-corrected chi connectivity index (χ0v) is 12.3. The molecule has 0 aliphatic carbocycles. The number of nitrogens with zero attached hydrogens (tertiary/aromatic N) is 2. The molecule has 0 bridgehead atoms. The number of amides is 1. The highest BCUT2D eigenvalue weighted by atomic mass is 16.7. The highest BCUT2D eigenvalue weighted by molar-refractivity contribution is 5.89. The molecular weight excluding hydrogens is 270 g/mol. The van der Waals surface area contributed by atoms with Crippen molar-refractivity contribution in [2.75, 3.05) is 36.5 Å². The number of anilines is 2. The van der Waals surface area contributed by atoms with Crippen molar-refractivity contribution < 1.29 is 14.3 Å². The molecule has 2 aliphatic rings. The lowest BCUT2D eigenvalue weighted by atomic mass is 10.0. The topological polar surface area (TPSA) is 63.7 Å². The van der Waals surface area contributed by atoms with Crippen LogP contribution < -0.4 is 10.2 Å². The smallest absolute Gasteiger partial charge is 0.225 e. The summed E-state index contributed by atoms with van der Waals surface area (Å²) in [5.74, 6) is 0.228. The summed E-state index contributed by atoms with van der Waals surface area (Å²) in [6, 6.07) is 3.84. The zero-order valence-electron chi connectivity index (χ0n) is 12.3. The Bertz CT molecular complexity index is 487. The predicted octanol–water partition coefficient (Wildman–Crippen LogP) is 1.77. The number of pyridine rings is 1. The first-order valence-electron chi connectivity index (χ1n) is 7.49. The van der Waals surface area contributed by atoms with Crippen LogP contribution in [0.5, 0.6) is 0 Å². The lowest BCUT2D eigenvalue weighted by molar-refractivity contribution is -0.169. The number of rotatable bonds is 3. The molecule has 3 rings (SSSR count). The highest BCUT2D eigenvalue weighted by Gasteiger charge is 2.39. The summed E-state index contributed by atoms with van der Waals surface area (Å²) in [5, 5.41) is 2.75. The largest absolute Gasteiger partial charge is 0.370 e. The first-order valence-corrected chi connectivity index (χ1v) is 7.49. The van der Waals surface area contributed by atoms with Crippen LogP contribution in [0.15, 0.2) is 18.3 Å². The van der Waals surface area contributed by atoms with E-state index >= 15 is 0 Å². The van der Waals surface area contributed by atoms with Crippen LogP contribution in [0.4, 0.5) is 11.5 Å².